The van der Waals surface area contributed by atoms with Gasteiger partial charge in [0.2, 0.25) is 0 Å². The number of amides is 1. The van der Waals surface area contributed by atoms with Crippen molar-refractivity contribution < 1.29 is 36.3 Å². The van der Waals surface area contributed by atoms with Crippen LogP contribution in [0.25, 0.3) is 0 Å². The van der Waals surface area contributed by atoms with Gasteiger partial charge < -0.3 is 14.8 Å². The van der Waals surface area contributed by atoms with E-state index in [1.807, 2.05) is 0 Å². The normalized spacial score (nSPS) is 19.8. The second-order valence-corrected chi connectivity index (χ2v) is 8.20. The first-order chi connectivity index (χ1) is 12.2. The van der Waals surface area contributed by atoms with E-state index in [0.717, 1.165) is 0 Å². The molecule has 26 heavy (non-hydrogen) atoms. The number of ether oxygens (including phenoxy) is 2. The first-order valence-electron chi connectivity index (χ1n) is 7.91. The number of esters is 1. The minimum atomic E-state index is -3.10. The number of benzene rings is 1. The lowest BCUT2D eigenvalue weighted by atomic mass is 10.1. The topological polar surface area (TPSA) is 98.8 Å². The molecule has 1 aromatic carbocycles. The smallest absolute Gasteiger partial charge is 0.387 e. The summed E-state index contributed by atoms with van der Waals surface area (Å²) in [5.41, 5.74) is 0.0163. The number of rotatable bonds is 7. The van der Waals surface area contributed by atoms with Gasteiger partial charge in [-0.15, -0.1) is 0 Å². The van der Waals surface area contributed by atoms with Gasteiger partial charge >= 0.3 is 12.6 Å². The Bertz CT molecular complexity index is 768. The van der Waals surface area contributed by atoms with Gasteiger partial charge in [0, 0.05) is 6.42 Å². The van der Waals surface area contributed by atoms with Crippen LogP contribution in [-0.2, 0) is 24.2 Å². The first-order valence-corrected chi connectivity index (χ1v) is 9.73. The predicted octanol–water partition coefficient (Wildman–Crippen LogP) is 1.98. The Morgan fingerprint density at radius 3 is 2.62 bits per heavy atom. The third-order valence-corrected chi connectivity index (χ3v) is 5.66. The minimum Gasteiger partial charge on any atom is -0.453 e. The number of anilines is 1. The van der Waals surface area contributed by atoms with E-state index in [2.05, 4.69) is 10.1 Å². The number of sulfone groups is 1. The summed E-state index contributed by atoms with van der Waals surface area (Å²) in [7, 11) is -3.10. The van der Waals surface area contributed by atoms with Crippen LogP contribution in [0.2, 0.25) is 0 Å². The number of nitrogens with one attached hydrogen (secondary N) is 1. The van der Waals surface area contributed by atoms with E-state index in [0.29, 0.717) is 6.42 Å². The molecule has 0 aromatic heterocycles. The molecule has 2 rings (SSSR count). The maximum absolute atomic E-state index is 12.4. The summed E-state index contributed by atoms with van der Waals surface area (Å²) in [4.78, 5) is 24.0. The highest BCUT2D eigenvalue weighted by Crippen LogP contribution is 2.26. The van der Waals surface area contributed by atoms with Crippen molar-refractivity contribution in [3.8, 4) is 5.75 Å². The SMILES string of the molecule is CC(OC(=O)CC1CCS(=O)(=O)C1)C(=O)Nc1ccccc1OC(F)F. The van der Waals surface area contributed by atoms with Gasteiger partial charge in [0.1, 0.15) is 5.75 Å². The van der Waals surface area contributed by atoms with Crippen molar-refractivity contribution in [3.63, 3.8) is 0 Å². The predicted molar refractivity (Wildman–Crippen MR) is 88.6 cm³/mol. The van der Waals surface area contributed by atoms with Crippen LogP contribution in [-0.4, -0.2) is 44.5 Å². The number of halogens is 2. The Hall–Kier alpha value is -2.23. The monoisotopic (exact) mass is 391 g/mol. The number of para-hydroxylation sites is 2. The van der Waals surface area contributed by atoms with Crippen molar-refractivity contribution in [2.45, 2.75) is 32.5 Å². The molecule has 7 nitrogen and oxygen atoms in total. The molecule has 1 heterocycles. The molecule has 1 fully saturated rings. The Morgan fingerprint density at radius 2 is 2.00 bits per heavy atom. The van der Waals surface area contributed by atoms with Gasteiger partial charge in [-0.25, -0.2) is 8.42 Å². The highest BCUT2D eigenvalue weighted by molar-refractivity contribution is 7.91. The fourth-order valence-corrected chi connectivity index (χ4v) is 4.43. The molecule has 1 aromatic rings. The van der Waals surface area contributed by atoms with Crippen LogP contribution in [0.3, 0.4) is 0 Å². The zero-order chi connectivity index (χ0) is 19.3. The standard InChI is InChI=1S/C16H19F2NO6S/c1-10(24-14(20)8-11-6-7-26(22,23)9-11)15(21)19-12-4-2-3-5-13(12)25-16(17)18/h2-5,10-11,16H,6-9H2,1H3,(H,19,21). The van der Waals surface area contributed by atoms with E-state index in [4.69, 9.17) is 4.74 Å². The minimum absolute atomic E-state index is 0.0163. The van der Waals surface area contributed by atoms with Gasteiger partial charge in [0.15, 0.2) is 15.9 Å². The van der Waals surface area contributed by atoms with Crippen molar-refractivity contribution >= 4 is 27.4 Å². The summed E-state index contributed by atoms with van der Waals surface area (Å²) in [5.74, 6) is -1.97. The van der Waals surface area contributed by atoms with E-state index in [9.17, 15) is 26.8 Å². The van der Waals surface area contributed by atoms with Gasteiger partial charge in [-0.05, 0) is 31.4 Å². The molecule has 1 N–H and O–H groups in total. The number of carbonyl (C=O) groups is 2. The maximum Gasteiger partial charge on any atom is 0.387 e. The molecular weight excluding hydrogens is 372 g/mol. The van der Waals surface area contributed by atoms with E-state index in [1.165, 1.54) is 31.2 Å². The Balaban J connectivity index is 1.89. The summed E-state index contributed by atoms with van der Waals surface area (Å²) in [5, 5.41) is 2.36. The van der Waals surface area contributed by atoms with Crippen LogP contribution < -0.4 is 10.1 Å². The molecule has 0 radical (unpaired) electrons. The van der Waals surface area contributed by atoms with Gasteiger partial charge in [0.25, 0.3) is 5.91 Å². The lowest BCUT2D eigenvalue weighted by Crippen LogP contribution is -2.30. The highest BCUT2D eigenvalue weighted by Gasteiger charge is 2.31. The largest absolute Gasteiger partial charge is 0.453 e. The van der Waals surface area contributed by atoms with Gasteiger partial charge in [-0.3, -0.25) is 9.59 Å². The number of carbonyl (C=O) groups excluding carboxylic acids is 2. The van der Waals surface area contributed by atoms with E-state index in [1.54, 1.807) is 0 Å². The Kier molecular flexibility index (Phi) is 6.52. The van der Waals surface area contributed by atoms with Gasteiger partial charge in [-0.2, -0.15) is 8.78 Å². The molecule has 2 atom stereocenters. The third kappa shape index (κ3) is 5.94. The highest BCUT2D eigenvalue weighted by atomic mass is 32.2. The fraction of sp³-hybridized carbons (Fsp3) is 0.500. The van der Waals surface area contributed by atoms with Gasteiger partial charge in [0.05, 0.1) is 17.2 Å². The maximum atomic E-state index is 12.4. The van der Waals surface area contributed by atoms with Gasteiger partial charge in [-0.1, -0.05) is 12.1 Å². The Morgan fingerprint density at radius 1 is 1.31 bits per heavy atom. The van der Waals surface area contributed by atoms with Crippen LogP contribution in [0.5, 0.6) is 5.75 Å². The Labute approximate surface area is 149 Å². The zero-order valence-corrected chi connectivity index (χ0v) is 14.8. The summed E-state index contributed by atoms with van der Waals surface area (Å²) in [6.45, 7) is -1.72. The summed E-state index contributed by atoms with van der Waals surface area (Å²) in [6, 6.07) is 5.62. The number of hydrogen-bond donors (Lipinski definition) is 1. The second kappa shape index (κ2) is 8.43. The van der Waals surface area contributed by atoms with Crippen molar-refractivity contribution in [1.29, 1.82) is 0 Å². The van der Waals surface area contributed by atoms with E-state index >= 15 is 0 Å². The molecule has 0 aliphatic carbocycles. The number of alkyl halides is 2. The lowest BCUT2D eigenvalue weighted by molar-refractivity contribution is -0.153. The molecule has 1 amide bonds. The summed E-state index contributed by atoms with van der Waals surface area (Å²) in [6.07, 6.45) is -0.890. The zero-order valence-electron chi connectivity index (χ0n) is 14.0. The molecule has 1 aliphatic rings. The molecule has 10 heteroatoms. The average molecular weight is 391 g/mol. The second-order valence-electron chi connectivity index (χ2n) is 5.97. The van der Waals surface area contributed by atoms with E-state index in [-0.39, 0.29) is 35.3 Å². The quantitative estimate of drug-likeness (QED) is 0.714. The van der Waals surface area contributed by atoms with Crippen molar-refractivity contribution in [3.05, 3.63) is 24.3 Å². The number of hydrogen-bond acceptors (Lipinski definition) is 6. The van der Waals surface area contributed by atoms with E-state index < -0.39 is 34.4 Å². The van der Waals surface area contributed by atoms with Crippen LogP contribution >= 0.6 is 0 Å². The molecular formula is C16H19F2NO6S. The molecule has 2 unspecified atom stereocenters. The van der Waals surface area contributed by atoms with Crippen molar-refractivity contribution in [1.82, 2.24) is 0 Å². The molecule has 0 saturated carbocycles. The molecule has 0 spiro atoms. The summed E-state index contributed by atoms with van der Waals surface area (Å²) >= 11 is 0. The first kappa shape index (κ1) is 20.1. The lowest BCUT2D eigenvalue weighted by Gasteiger charge is -2.16. The van der Waals surface area contributed by atoms with Crippen LogP contribution in [0.15, 0.2) is 24.3 Å². The third-order valence-electron chi connectivity index (χ3n) is 3.82. The van der Waals surface area contributed by atoms with Crippen LogP contribution in [0, 0.1) is 5.92 Å². The molecule has 0 bridgehead atoms. The van der Waals surface area contributed by atoms with Crippen LogP contribution in [0.1, 0.15) is 19.8 Å². The average Bonchev–Trinajstić information content (AvgIpc) is 2.87. The fourth-order valence-electron chi connectivity index (χ4n) is 2.57. The molecule has 1 aliphatic heterocycles. The molecule has 1 saturated heterocycles. The summed E-state index contributed by atoms with van der Waals surface area (Å²) < 4.78 is 56.8. The van der Waals surface area contributed by atoms with Crippen LogP contribution in [0.4, 0.5) is 14.5 Å². The van der Waals surface area contributed by atoms with Crippen molar-refractivity contribution in [2.75, 3.05) is 16.8 Å². The molecule has 144 valence electrons. The van der Waals surface area contributed by atoms with Crippen molar-refractivity contribution in [2.24, 2.45) is 5.92 Å².